The minimum absolute atomic E-state index is 0.109. The van der Waals surface area contributed by atoms with Crippen molar-refractivity contribution in [3.63, 3.8) is 0 Å². The molecule has 4 nitrogen and oxygen atoms in total. The van der Waals surface area contributed by atoms with Crippen LogP contribution in [0.25, 0.3) is 11.0 Å². The lowest BCUT2D eigenvalue weighted by atomic mass is 10.2. The first-order chi connectivity index (χ1) is 9.11. The number of nitrogens with zero attached hydrogens (tertiary/aromatic N) is 1. The maximum absolute atomic E-state index is 10.9. The van der Waals surface area contributed by atoms with Gasteiger partial charge in [0.25, 0.3) is 0 Å². The van der Waals surface area contributed by atoms with E-state index in [-0.39, 0.29) is 19.1 Å². The van der Waals surface area contributed by atoms with Gasteiger partial charge in [-0.25, -0.2) is 0 Å². The molecule has 0 saturated heterocycles. The molecule has 0 aliphatic heterocycles. The largest absolute Gasteiger partial charge is 0.480 e. The number of rotatable bonds is 5. The molecule has 1 atom stereocenters. The van der Waals surface area contributed by atoms with Gasteiger partial charge in [-0.1, -0.05) is 24.1 Å². The van der Waals surface area contributed by atoms with Gasteiger partial charge in [-0.05, 0) is 19.1 Å². The number of carboxylic acid groups (broad SMARTS) is 1. The van der Waals surface area contributed by atoms with Gasteiger partial charge in [-0.3, -0.25) is 9.69 Å². The average Bonchev–Trinajstić information content (AvgIpc) is 2.80. The van der Waals surface area contributed by atoms with Crippen molar-refractivity contribution in [2.45, 2.75) is 13.0 Å². The second-order valence-electron chi connectivity index (χ2n) is 4.37. The molecule has 2 rings (SSSR count). The fourth-order valence-corrected chi connectivity index (χ4v) is 2.01. The first-order valence-electron chi connectivity index (χ1n) is 5.99. The molecule has 1 N–H and O–H groups in total. The lowest BCUT2D eigenvalue weighted by molar-refractivity contribution is -0.138. The molecule has 19 heavy (non-hydrogen) atoms. The molecule has 0 amide bonds. The number of fused-ring (bicyclic) bond motifs is 1. The number of benzene rings is 1. The van der Waals surface area contributed by atoms with E-state index >= 15 is 0 Å². The maximum atomic E-state index is 10.9. The van der Waals surface area contributed by atoms with E-state index in [0.717, 1.165) is 16.7 Å². The Morgan fingerprint density at radius 1 is 1.53 bits per heavy atom. The van der Waals surface area contributed by atoms with Crippen molar-refractivity contribution < 1.29 is 14.3 Å². The van der Waals surface area contributed by atoms with Gasteiger partial charge in [0.2, 0.25) is 0 Å². The SMILES string of the molecule is C#CCN(CC(=O)O)C(C)c1cc2ccccc2o1. The Labute approximate surface area is 111 Å². The number of para-hydroxylation sites is 1. The summed E-state index contributed by atoms with van der Waals surface area (Å²) in [5.41, 5.74) is 0.792. The first-order valence-corrected chi connectivity index (χ1v) is 5.99. The molecule has 1 aromatic carbocycles. The summed E-state index contributed by atoms with van der Waals surface area (Å²) in [7, 11) is 0. The summed E-state index contributed by atoms with van der Waals surface area (Å²) >= 11 is 0. The van der Waals surface area contributed by atoms with E-state index < -0.39 is 5.97 Å². The fourth-order valence-electron chi connectivity index (χ4n) is 2.01. The quantitative estimate of drug-likeness (QED) is 0.836. The van der Waals surface area contributed by atoms with Crippen molar-refractivity contribution >= 4 is 16.9 Å². The van der Waals surface area contributed by atoms with E-state index in [1.54, 1.807) is 4.90 Å². The number of terminal acetylenes is 1. The van der Waals surface area contributed by atoms with Crippen molar-refractivity contribution in [2.24, 2.45) is 0 Å². The van der Waals surface area contributed by atoms with Crippen LogP contribution in [0.2, 0.25) is 0 Å². The van der Waals surface area contributed by atoms with Crippen LogP contribution < -0.4 is 0 Å². The van der Waals surface area contributed by atoms with Gasteiger partial charge in [0.05, 0.1) is 19.1 Å². The second kappa shape index (κ2) is 5.59. The van der Waals surface area contributed by atoms with Crippen LogP contribution >= 0.6 is 0 Å². The van der Waals surface area contributed by atoms with E-state index in [9.17, 15) is 4.79 Å². The third-order valence-corrected chi connectivity index (χ3v) is 3.04. The number of carboxylic acids is 1. The number of aliphatic carboxylic acids is 1. The zero-order valence-corrected chi connectivity index (χ0v) is 10.7. The highest BCUT2D eigenvalue weighted by Gasteiger charge is 2.20. The van der Waals surface area contributed by atoms with E-state index in [1.807, 2.05) is 37.3 Å². The molecule has 0 aliphatic carbocycles. The van der Waals surface area contributed by atoms with E-state index in [0.29, 0.717) is 0 Å². The van der Waals surface area contributed by atoms with Crippen LogP contribution in [-0.2, 0) is 4.79 Å². The minimum atomic E-state index is -0.904. The smallest absolute Gasteiger partial charge is 0.317 e. The molecule has 0 radical (unpaired) electrons. The van der Waals surface area contributed by atoms with E-state index in [2.05, 4.69) is 5.92 Å². The van der Waals surface area contributed by atoms with Crippen LogP contribution in [0.4, 0.5) is 0 Å². The van der Waals surface area contributed by atoms with Gasteiger partial charge in [-0.2, -0.15) is 0 Å². The molecular formula is C15H15NO3. The lowest BCUT2D eigenvalue weighted by Crippen LogP contribution is -2.32. The highest BCUT2D eigenvalue weighted by atomic mass is 16.4. The molecule has 4 heteroatoms. The minimum Gasteiger partial charge on any atom is -0.480 e. The summed E-state index contributed by atoms with van der Waals surface area (Å²) in [6.07, 6.45) is 5.28. The molecule has 0 saturated carbocycles. The number of carbonyl (C=O) groups is 1. The van der Waals surface area contributed by atoms with Gasteiger partial charge in [0.1, 0.15) is 11.3 Å². The molecule has 1 heterocycles. The standard InChI is InChI=1S/C15H15NO3/c1-3-8-16(10-15(17)18)11(2)14-9-12-6-4-5-7-13(12)19-14/h1,4-7,9,11H,8,10H2,2H3,(H,17,18). The highest BCUT2D eigenvalue weighted by molar-refractivity contribution is 5.77. The first kappa shape index (κ1) is 13.2. The molecular weight excluding hydrogens is 242 g/mol. The zero-order valence-electron chi connectivity index (χ0n) is 10.7. The molecule has 0 fully saturated rings. The molecule has 1 aromatic heterocycles. The molecule has 0 spiro atoms. The fraction of sp³-hybridized carbons (Fsp3) is 0.267. The van der Waals surface area contributed by atoms with Crippen LogP contribution in [-0.4, -0.2) is 29.1 Å². The van der Waals surface area contributed by atoms with Gasteiger partial charge in [-0.15, -0.1) is 6.42 Å². The van der Waals surface area contributed by atoms with Crippen molar-refractivity contribution in [3.05, 3.63) is 36.1 Å². The summed E-state index contributed by atoms with van der Waals surface area (Å²) in [6.45, 7) is 2.05. The second-order valence-corrected chi connectivity index (χ2v) is 4.37. The summed E-state index contributed by atoms with van der Waals surface area (Å²) in [6, 6.07) is 9.41. The normalized spacial score (nSPS) is 12.5. The predicted octanol–water partition coefficient (Wildman–Crippen LogP) is 2.51. The molecule has 0 bridgehead atoms. The topological polar surface area (TPSA) is 53.7 Å². The van der Waals surface area contributed by atoms with E-state index in [1.165, 1.54) is 0 Å². The summed E-state index contributed by atoms with van der Waals surface area (Å²) < 4.78 is 5.74. The van der Waals surface area contributed by atoms with Gasteiger partial charge < -0.3 is 9.52 Å². The van der Waals surface area contributed by atoms with Gasteiger partial charge in [0, 0.05) is 5.39 Å². The monoisotopic (exact) mass is 257 g/mol. The summed E-state index contributed by atoms with van der Waals surface area (Å²) in [4.78, 5) is 12.5. The van der Waals surface area contributed by atoms with Crippen LogP contribution in [0.1, 0.15) is 18.7 Å². The summed E-state index contributed by atoms with van der Waals surface area (Å²) in [5.74, 6) is 2.29. The van der Waals surface area contributed by atoms with Gasteiger partial charge in [0.15, 0.2) is 0 Å². The lowest BCUT2D eigenvalue weighted by Gasteiger charge is -2.23. The molecule has 0 aliphatic rings. The number of hydrogen-bond donors (Lipinski definition) is 1. The Morgan fingerprint density at radius 3 is 2.89 bits per heavy atom. The molecule has 98 valence electrons. The molecule has 1 unspecified atom stereocenters. The Bertz CT molecular complexity index is 591. The van der Waals surface area contributed by atoms with E-state index in [4.69, 9.17) is 15.9 Å². The predicted molar refractivity (Wildman–Crippen MR) is 72.7 cm³/mol. The van der Waals surface area contributed by atoms with Crippen molar-refractivity contribution in [1.29, 1.82) is 0 Å². The van der Waals surface area contributed by atoms with Crippen LogP contribution in [0, 0.1) is 12.3 Å². The van der Waals surface area contributed by atoms with Crippen LogP contribution in [0.3, 0.4) is 0 Å². The van der Waals surface area contributed by atoms with Gasteiger partial charge >= 0.3 is 5.97 Å². The highest BCUT2D eigenvalue weighted by Crippen LogP contribution is 2.26. The Balaban J connectivity index is 2.27. The Hall–Kier alpha value is -2.25. The van der Waals surface area contributed by atoms with Crippen LogP contribution in [0.5, 0.6) is 0 Å². The van der Waals surface area contributed by atoms with Crippen LogP contribution in [0.15, 0.2) is 34.7 Å². The maximum Gasteiger partial charge on any atom is 0.317 e. The Morgan fingerprint density at radius 2 is 2.26 bits per heavy atom. The van der Waals surface area contributed by atoms with Crippen molar-refractivity contribution in [2.75, 3.05) is 13.1 Å². The number of furan rings is 1. The summed E-state index contributed by atoms with van der Waals surface area (Å²) in [5, 5.41) is 9.91. The van der Waals surface area contributed by atoms with Crippen molar-refractivity contribution in [3.8, 4) is 12.3 Å². The zero-order chi connectivity index (χ0) is 13.8. The third kappa shape index (κ3) is 2.95. The number of hydrogen-bond acceptors (Lipinski definition) is 3. The van der Waals surface area contributed by atoms with Crippen molar-refractivity contribution in [1.82, 2.24) is 4.90 Å². The third-order valence-electron chi connectivity index (χ3n) is 3.04. The molecule has 2 aromatic rings. The average molecular weight is 257 g/mol. The Kier molecular flexibility index (Phi) is 3.88.